The number of rotatable bonds is 4. The molecule has 2 N–H and O–H groups in total. The lowest BCUT2D eigenvalue weighted by atomic mass is 9.96. The number of methoxy groups -OCH3 is 2. The normalized spacial score (nSPS) is 13.4. The van der Waals surface area contributed by atoms with Crippen molar-refractivity contribution in [3.8, 4) is 0 Å². The molecule has 8 heteroatoms. The predicted octanol–water partition coefficient (Wildman–Crippen LogP) is 4.79. The Morgan fingerprint density at radius 2 is 1.72 bits per heavy atom. The number of nitrogens with one attached hydrogen (secondary N) is 2. The lowest BCUT2D eigenvalue weighted by Gasteiger charge is -2.12. The average molecular weight is 433 g/mol. The van der Waals surface area contributed by atoms with Crippen molar-refractivity contribution >= 4 is 51.3 Å². The number of thiophene rings is 1. The summed E-state index contributed by atoms with van der Waals surface area (Å²) in [5.41, 5.74) is 2.75. The van der Waals surface area contributed by atoms with Crippen molar-refractivity contribution in [3.05, 3.63) is 45.8 Å². The maximum absolute atomic E-state index is 12.5. The van der Waals surface area contributed by atoms with E-state index in [2.05, 4.69) is 10.6 Å². The van der Waals surface area contributed by atoms with Gasteiger partial charge in [0.2, 0.25) is 0 Å². The van der Waals surface area contributed by atoms with Crippen molar-refractivity contribution in [3.63, 3.8) is 0 Å². The lowest BCUT2D eigenvalue weighted by Crippen LogP contribution is -2.20. The smallest absolute Gasteiger partial charge is 0.341 e. The number of thiocarbonyl (C=S) groups is 1. The Labute approximate surface area is 179 Å². The Hall–Kier alpha value is -2.45. The molecule has 0 spiro atoms. The standard InChI is InChI=1S/C21H24N2O4S2/c1-26-19(24)13-8-7-9-14(12-13)22-21(28)23-18-17(20(25)27-2)15-10-5-3-4-6-11-16(15)29-18/h7-9,12H,3-6,10-11H2,1-2H3,(H2,22,23,28). The van der Waals surface area contributed by atoms with Crippen LogP contribution in [0.25, 0.3) is 0 Å². The Morgan fingerprint density at radius 3 is 2.45 bits per heavy atom. The fraction of sp³-hybridized carbons (Fsp3) is 0.381. The zero-order chi connectivity index (χ0) is 20.8. The highest BCUT2D eigenvalue weighted by Crippen LogP contribution is 2.37. The minimum Gasteiger partial charge on any atom is -0.465 e. The van der Waals surface area contributed by atoms with Gasteiger partial charge < -0.3 is 20.1 Å². The summed E-state index contributed by atoms with van der Waals surface area (Å²) >= 11 is 7.01. The van der Waals surface area contributed by atoms with Crippen LogP contribution in [0.1, 0.15) is 56.8 Å². The number of aryl methyl sites for hydroxylation is 1. The second-order valence-electron chi connectivity index (χ2n) is 6.77. The molecular weight excluding hydrogens is 408 g/mol. The molecule has 29 heavy (non-hydrogen) atoms. The number of carbonyl (C=O) groups excluding carboxylic acids is 2. The molecule has 3 rings (SSSR count). The number of carbonyl (C=O) groups is 2. The van der Waals surface area contributed by atoms with E-state index in [9.17, 15) is 9.59 Å². The first-order valence-electron chi connectivity index (χ1n) is 9.52. The van der Waals surface area contributed by atoms with Gasteiger partial charge in [-0.15, -0.1) is 11.3 Å². The zero-order valence-electron chi connectivity index (χ0n) is 16.5. The van der Waals surface area contributed by atoms with Gasteiger partial charge in [0, 0.05) is 10.6 Å². The molecule has 154 valence electrons. The number of ether oxygens (including phenoxy) is 2. The van der Waals surface area contributed by atoms with Gasteiger partial charge in [0.15, 0.2) is 5.11 Å². The van der Waals surface area contributed by atoms with Crippen LogP contribution in [-0.2, 0) is 22.3 Å². The molecule has 1 aliphatic rings. The summed E-state index contributed by atoms with van der Waals surface area (Å²) in [5.74, 6) is -0.764. The second kappa shape index (κ2) is 9.84. The molecule has 1 aromatic carbocycles. The molecule has 6 nitrogen and oxygen atoms in total. The molecule has 2 aromatic rings. The minimum atomic E-state index is -0.418. The Bertz CT molecular complexity index is 923. The van der Waals surface area contributed by atoms with Crippen molar-refractivity contribution in [1.82, 2.24) is 0 Å². The molecule has 0 atom stereocenters. The lowest BCUT2D eigenvalue weighted by molar-refractivity contribution is 0.0592. The summed E-state index contributed by atoms with van der Waals surface area (Å²) in [5, 5.41) is 7.26. The van der Waals surface area contributed by atoms with Crippen LogP contribution in [0.2, 0.25) is 0 Å². The van der Waals surface area contributed by atoms with Crippen molar-refractivity contribution in [2.75, 3.05) is 24.9 Å². The highest BCUT2D eigenvalue weighted by Gasteiger charge is 2.25. The van der Waals surface area contributed by atoms with Crippen LogP contribution in [0, 0.1) is 0 Å². The van der Waals surface area contributed by atoms with Crippen molar-refractivity contribution < 1.29 is 19.1 Å². The van der Waals surface area contributed by atoms with Crippen LogP contribution in [0.3, 0.4) is 0 Å². The SMILES string of the molecule is COC(=O)c1cccc(NC(=S)Nc2sc3c(c2C(=O)OC)CCCCCC3)c1. The summed E-state index contributed by atoms with van der Waals surface area (Å²) in [7, 11) is 2.74. The Morgan fingerprint density at radius 1 is 1.00 bits per heavy atom. The number of fused-ring (bicyclic) bond motifs is 1. The fourth-order valence-electron chi connectivity index (χ4n) is 3.43. The van der Waals surface area contributed by atoms with E-state index in [0.29, 0.717) is 26.9 Å². The molecule has 0 saturated heterocycles. The quantitative estimate of drug-likeness (QED) is 0.531. The van der Waals surface area contributed by atoms with Crippen LogP contribution in [0.15, 0.2) is 24.3 Å². The molecule has 0 amide bonds. The average Bonchev–Trinajstić information content (AvgIpc) is 3.02. The third-order valence-electron chi connectivity index (χ3n) is 4.83. The Kier molecular flexibility index (Phi) is 7.22. The van der Waals surface area contributed by atoms with E-state index in [0.717, 1.165) is 31.2 Å². The Balaban J connectivity index is 1.82. The van der Waals surface area contributed by atoms with E-state index in [1.807, 2.05) is 0 Å². The minimum absolute atomic E-state index is 0.339. The summed E-state index contributed by atoms with van der Waals surface area (Å²) < 4.78 is 9.79. The van der Waals surface area contributed by atoms with E-state index in [1.54, 1.807) is 35.6 Å². The largest absolute Gasteiger partial charge is 0.465 e. The highest BCUT2D eigenvalue weighted by molar-refractivity contribution is 7.80. The van der Waals surface area contributed by atoms with Crippen LogP contribution in [0.5, 0.6) is 0 Å². The van der Waals surface area contributed by atoms with Gasteiger partial charge in [-0.2, -0.15) is 0 Å². The monoisotopic (exact) mass is 432 g/mol. The number of anilines is 2. The van der Waals surface area contributed by atoms with Gasteiger partial charge in [-0.3, -0.25) is 0 Å². The van der Waals surface area contributed by atoms with Gasteiger partial charge >= 0.3 is 11.9 Å². The second-order valence-corrected chi connectivity index (χ2v) is 8.28. The van der Waals surface area contributed by atoms with E-state index in [-0.39, 0.29) is 5.97 Å². The molecular formula is C21H24N2O4S2. The predicted molar refractivity (Wildman–Crippen MR) is 119 cm³/mol. The van der Waals surface area contributed by atoms with E-state index in [1.165, 1.54) is 31.9 Å². The van der Waals surface area contributed by atoms with Crippen LogP contribution < -0.4 is 10.6 Å². The van der Waals surface area contributed by atoms with Crippen molar-refractivity contribution in [2.45, 2.75) is 38.5 Å². The van der Waals surface area contributed by atoms with Gasteiger partial charge in [-0.1, -0.05) is 18.9 Å². The highest BCUT2D eigenvalue weighted by atomic mass is 32.1. The molecule has 0 aliphatic heterocycles. The first-order valence-corrected chi connectivity index (χ1v) is 10.7. The van der Waals surface area contributed by atoms with Crippen molar-refractivity contribution in [2.24, 2.45) is 0 Å². The number of benzene rings is 1. The first kappa shape index (κ1) is 21.3. The van der Waals surface area contributed by atoms with Gasteiger partial charge in [-0.05, 0) is 61.7 Å². The zero-order valence-corrected chi connectivity index (χ0v) is 18.1. The first-order chi connectivity index (χ1) is 14.0. The molecule has 0 fully saturated rings. The van der Waals surface area contributed by atoms with E-state index < -0.39 is 5.97 Å². The van der Waals surface area contributed by atoms with Gasteiger partial charge in [0.05, 0.1) is 25.3 Å². The number of hydrogen-bond acceptors (Lipinski definition) is 6. The summed E-state index contributed by atoms with van der Waals surface area (Å²) in [6.07, 6.45) is 6.42. The molecule has 1 aromatic heterocycles. The summed E-state index contributed by atoms with van der Waals surface area (Å²) in [6.45, 7) is 0. The maximum atomic E-state index is 12.5. The van der Waals surface area contributed by atoms with E-state index >= 15 is 0 Å². The number of esters is 2. The van der Waals surface area contributed by atoms with Crippen molar-refractivity contribution in [1.29, 1.82) is 0 Å². The topological polar surface area (TPSA) is 76.7 Å². The molecule has 0 unspecified atom stereocenters. The van der Waals surface area contributed by atoms with Gasteiger partial charge in [0.1, 0.15) is 5.00 Å². The summed E-state index contributed by atoms with van der Waals surface area (Å²) in [4.78, 5) is 25.4. The maximum Gasteiger partial charge on any atom is 0.341 e. The third-order valence-corrected chi connectivity index (χ3v) is 6.24. The molecule has 0 saturated carbocycles. The molecule has 1 heterocycles. The number of hydrogen-bond donors (Lipinski definition) is 2. The molecule has 0 bridgehead atoms. The van der Waals surface area contributed by atoms with Gasteiger partial charge in [-0.25, -0.2) is 9.59 Å². The fourth-order valence-corrected chi connectivity index (χ4v) is 5.00. The van der Waals surface area contributed by atoms with Gasteiger partial charge in [0.25, 0.3) is 0 Å². The summed E-state index contributed by atoms with van der Waals surface area (Å²) in [6, 6.07) is 6.88. The van der Waals surface area contributed by atoms with Crippen LogP contribution >= 0.6 is 23.6 Å². The molecule has 1 aliphatic carbocycles. The molecule has 0 radical (unpaired) electrons. The van der Waals surface area contributed by atoms with Crippen LogP contribution in [-0.4, -0.2) is 31.3 Å². The van der Waals surface area contributed by atoms with Crippen LogP contribution in [0.4, 0.5) is 10.7 Å². The third kappa shape index (κ3) is 5.13. The van der Waals surface area contributed by atoms with E-state index in [4.69, 9.17) is 21.7 Å².